The van der Waals surface area contributed by atoms with Crippen LogP contribution in [-0.2, 0) is 9.90 Å². The van der Waals surface area contributed by atoms with Crippen molar-refractivity contribution in [1.82, 2.24) is 0 Å². The van der Waals surface area contributed by atoms with Crippen molar-refractivity contribution in [2.24, 2.45) is 0 Å². The first-order chi connectivity index (χ1) is 3.27. The lowest BCUT2D eigenvalue weighted by Crippen LogP contribution is -1.85. The second-order valence-electron chi connectivity index (χ2n) is 0.938. The second kappa shape index (κ2) is 3.87. The van der Waals surface area contributed by atoms with E-state index in [4.69, 9.17) is 0 Å². The molecule has 0 aliphatic carbocycles. The van der Waals surface area contributed by atoms with E-state index in [1.165, 1.54) is 11.1 Å². The van der Waals surface area contributed by atoms with Crippen LogP contribution in [0.15, 0.2) is 11.1 Å². The Morgan fingerprint density at radius 3 is 2.43 bits per heavy atom. The van der Waals surface area contributed by atoms with Crippen molar-refractivity contribution >= 4 is 21.9 Å². The zero-order valence-electron chi connectivity index (χ0n) is 3.56. The SMILES string of the molecule is [O]C(=O)C/C=C/Br. The van der Waals surface area contributed by atoms with Crippen LogP contribution in [0.25, 0.3) is 0 Å². The maximum absolute atomic E-state index is 9.57. The Balaban J connectivity index is 3.14. The van der Waals surface area contributed by atoms with Gasteiger partial charge in [0.1, 0.15) is 0 Å². The molecule has 0 saturated carbocycles. The third kappa shape index (κ3) is 5.69. The number of carbonyl (C=O) groups is 1. The first-order valence-corrected chi connectivity index (χ1v) is 2.64. The molecule has 0 bridgehead atoms. The van der Waals surface area contributed by atoms with E-state index in [1.807, 2.05) is 0 Å². The van der Waals surface area contributed by atoms with Gasteiger partial charge in [-0.1, -0.05) is 22.0 Å². The molecular formula is C4H4BrO2. The zero-order chi connectivity index (χ0) is 5.70. The minimum atomic E-state index is -1.06. The maximum atomic E-state index is 9.57. The summed E-state index contributed by atoms with van der Waals surface area (Å²) in [6.45, 7) is 0. The van der Waals surface area contributed by atoms with Crippen LogP contribution in [0.3, 0.4) is 0 Å². The van der Waals surface area contributed by atoms with Crippen LogP contribution in [0.5, 0.6) is 0 Å². The second-order valence-corrected chi connectivity index (χ2v) is 1.47. The molecule has 0 rings (SSSR count). The van der Waals surface area contributed by atoms with Gasteiger partial charge in [-0.05, 0) is 4.99 Å². The lowest BCUT2D eigenvalue weighted by atomic mass is 10.4. The Morgan fingerprint density at radius 2 is 2.29 bits per heavy atom. The van der Waals surface area contributed by atoms with Gasteiger partial charge < -0.3 is 0 Å². The molecular weight excluding hydrogens is 160 g/mol. The lowest BCUT2D eigenvalue weighted by Gasteiger charge is -1.72. The van der Waals surface area contributed by atoms with Gasteiger partial charge in [0.2, 0.25) is 0 Å². The van der Waals surface area contributed by atoms with Gasteiger partial charge in [-0.2, -0.15) is 0 Å². The summed E-state index contributed by atoms with van der Waals surface area (Å²) in [6.07, 6.45) is 1.43. The molecule has 3 heteroatoms. The molecule has 0 spiro atoms. The van der Waals surface area contributed by atoms with Gasteiger partial charge in [-0.25, -0.2) is 9.90 Å². The van der Waals surface area contributed by atoms with Gasteiger partial charge in [-0.3, -0.25) is 0 Å². The molecule has 7 heavy (non-hydrogen) atoms. The summed E-state index contributed by atoms with van der Waals surface area (Å²) >= 11 is 2.91. The molecule has 0 aromatic rings. The van der Waals surface area contributed by atoms with Gasteiger partial charge in [-0.15, -0.1) is 0 Å². The molecule has 0 heterocycles. The summed E-state index contributed by atoms with van der Waals surface area (Å²) in [4.78, 5) is 11.1. The Kier molecular flexibility index (Phi) is 3.69. The molecule has 0 aromatic heterocycles. The summed E-state index contributed by atoms with van der Waals surface area (Å²) in [5.74, 6) is -1.06. The van der Waals surface area contributed by atoms with Crippen molar-refractivity contribution in [3.05, 3.63) is 11.1 Å². The molecule has 0 aliphatic rings. The summed E-state index contributed by atoms with van der Waals surface area (Å²) in [5, 5.41) is 9.57. The first-order valence-electron chi connectivity index (χ1n) is 1.72. The quantitative estimate of drug-likeness (QED) is 0.604. The molecule has 0 N–H and O–H groups in total. The van der Waals surface area contributed by atoms with Crippen molar-refractivity contribution in [1.29, 1.82) is 0 Å². The van der Waals surface area contributed by atoms with E-state index in [1.54, 1.807) is 0 Å². The standard InChI is InChI=1S/C4H4BrO2/c5-3-1-2-4(6)7/h1,3H,2H2/b3-1+. The summed E-state index contributed by atoms with van der Waals surface area (Å²) < 4.78 is 0. The van der Waals surface area contributed by atoms with Gasteiger partial charge in [0.05, 0.1) is 6.42 Å². The first kappa shape index (κ1) is 6.69. The Labute approximate surface area is 50.0 Å². The third-order valence-electron chi connectivity index (χ3n) is 0.374. The van der Waals surface area contributed by atoms with Crippen molar-refractivity contribution < 1.29 is 9.90 Å². The van der Waals surface area contributed by atoms with E-state index >= 15 is 0 Å². The Bertz CT molecular complexity index is 87.7. The van der Waals surface area contributed by atoms with Crippen molar-refractivity contribution in [3.63, 3.8) is 0 Å². The maximum Gasteiger partial charge on any atom is 0.359 e. The molecule has 0 amide bonds. The van der Waals surface area contributed by atoms with E-state index in [0.717, 1.165) is 0 Å². The van der Waals surface area contributed by atoms with Crippen molar-refractivity contribution in [2.45, 2.75) is 6.42 Å². The Hall–Kier alpha value is -0.310. The fourth-order valence-electron chi connectivity index (χ4n) is 0.141. The molecule has 2 nitrogen and oxygen atoms in total. The van der Waals surface area contributed by atoms with Gasteiger partial charge in [0.15, 0.2) is 0 Å². The lowest BCUT2D eigenvalue weighted by molar-refractivity contribution is -0.142. The van der Waals surface area contributed by atoms with Crippen LogP contribution in [0.2, 0.25) is 0 Å². The number of rotatable bonds is 2. The highest BCUT2D eigenvalue weighted by Gasteiger charge is 1.90. The van der Waals surface area contributed by atoms with E-state index in [0.29, 0.717) is 0 Å². The minimum Gasteiger partial charge on any atom is -0.247 e. The Morgan fingerprint density at radius 1 is 1.71 bits per heavy atom. The smallest absolute Gasteiger partial charge is 0.247 e. The van der Waals surface area contributed by atoms with Gasteiger partial charge in [0.25, 0.3) is 0 Å². The largest absolute Gasteiger partial charge is 0.359 e. The highest BCUT2D eigenvalue weighted by molar-refractivity contribution is 9.11. The van der Waals surface area contributed by atoms with Gasteiger partial charge >= 0.3 is 5.97 Å². The molecule has 0 atom stereocenters. The molecule has 39 valence electrons. The van der Waals surface area contributed by atoms with Crippen LogP contribution in [0.1, 0.15) is 6.42 Å². The molecule has 0 unspecified atom stereocenters. The summed E-state index contributed by atoms with van der Waals surface area (Å²) in [6, 6.07) is 0. The predicted octanol–water partition coefficient (Wildman–Crippen LogP) is 1.24. The predicted molar refractivity (Wildman–Crippen MR) is 28.4 cm³/mol. The van der Waals surface area contributed by atoms with Crippen LogP contribution >= 0.6 is 15.9 Å². The highest BCUT2D eigenvalue weighted by Crippen LogP contribution is 1.86. The average Bonchev–Trinajstić information content (AvgIpc) is 1.61. The normalized spacial score (nSPS) is 9.86. The summed E-state index contributed by atoms with van der Waals surface area (Å²) in [7, 11) is 0. The number of carbonyl (C=O) groups excluding carboxylic acids is 1. The fraction of sp³-hybridized carbons (Fsp3) is 0.250. The minimum absolute atomic E-state index is 0.0226. The molecule has 0 fully saturated rings. The fourth-order valence-corrected chi connectivity index (χ4v) is 0.328. The van der Waals surface area contributed by atoms with Crippen LogP contribution in [0.4, 0.5) is 0 Å². The number of hydrogen-bond acceptors (Lipinski definition) is 1. The highest BCUT2D eigenvalue weighted by atomic mass is 79.9. The topological polar surface area (TPSA) is 37.0 Å². The summed E-state index contributed by atoms with van der Waals surface area (Å²) in [5.41, 5.74) is 0. The van der Waals surface area contributed by atoms with E-state index in [9.17, 15) is 9.90 Å². The molecule has 0 saturated heterocycles. The average molecular weight is 164 g/mol. The monoisotopic (exact) mass is 163 g/mol. The number of halogens is 1. The van der Waals surface area contributed by atoms with E-state index in [-0.39, 0.29) is 6.42 Å². The molecule has 0 aromatic carbocycles. The molecule has 1 radical (unpaired) electrons. The molecule has 0 aliphatic heterocycles. The van der Waals surface area contributed by atoms with Crippen molar-refractivity contribution in [2.75, 3.05) is 0 Å². The number of hydrogen-bond donors (Lipinski definition) is 0. The third-order valence-corrected chi connectivity index (χ3v) is 0.747. The van der Waals surface area contributed by atoms with Crippen LogP contribution in [0, 0.1) is 0 Å². The van der Waals surface area contributed by atoms with Crippen molar-refractivity contribution in [3.8, 4) is 0 Å². The van der Waals surface area contributed by atoms with Crippen LogP contribution < -0.4 is 0 Å². The van der Waals surface area contributed by atoms with Gasteiger partial charge in [0, 0.05) is 0 Å². The zero-order valence-corrected chi connectivity index (χ0v) is 5.14. The van der Waals surface area contributed by atoms with Crippen LogP contribution in [-0.4, -0.2) is 5.97 Å². The van der Waals surface area contributed by atoms with E-state index in [2.05, 4.69) is 15.9 Å². The van der Waals surface area contributed by atoms with E-state index < -0.39 is 5.97 Å².